The van der Waals surface area contributed by atoms with E-state index in [1.165, 1.54) is 0 Å². The topological polar surface area (TPSA) is 34.9 Å². The Labute approximate surface area is 101 Å². The van der Waals surface area contributed by atoms with Crippen molar-refractivity contribution in [2.75, 3.05) is 0 Å². The highest BCUT2D eigenvalue weighted by Gasteiger charge is 2.12. The lowest BCUT2D eigenvalue weighted by Crippen LogP contribution is -2.30. The highest BCUT2D eigenvalue weighted by atomic mass is 32.6. The Morgan fingerprint density at radius 3 is 2.81 bits per heavy atom. The Morgan fingerprint density at radius 1 is 1.44 bits per heavy atom. The maximum atomic E-state index is 12.1. The SMILES string of the molecule is Cn1c(P(P)PP)nc2ccccc2c1=O. The normalized spacial score (nSPS) is 13.7. The zero-order valence-corrected chi connectivity index (χ0v) is 12.9. The maximum absolute atomic E-state index is 12.1. The van der Waals surface area contributed by atoms with Crippen LogP contribution in [0, 0.1) is 0 Å². The molecule has 0 aliphatic rings. The molecule has 4 unspecified atom stereocenters. The number of fused-ring (bicyclic) bond motifs is 1. The Hall–Kier alpha value is 0.0800. The molecule has 7 heteroatoms. The van der Waals surface area contributed by atoms with Crippen LogP contribution in [0.15, 0.2) is 29.1 Å². The lowest BCUT2D eigenvalue weighted by Gasteiger charge is -2.13. The summed E-state index contributed by atoms with van der Waals surface area (Å²) in [7, 11) is 7.58. The standard InChI is InChI=1S/C9H12N2OP4/c1-11-8(12)6-4-2-3-5-7(6)10-9(11)16(14)15-13/h2-5,15H,13-14H2,1H3. The van der Waals surface area contributed by atoms with Gasteiger partial charge in [0.2, 0.25) is 0 Å². The minimum absolute atomic E-state index is 0.0406. The van der Waals surface area contributed by atoms with Crippen LogP contribution in [0.5, 0.6) is 0 Å². The third-order valence-electron chi connectivity index (χ3n) is 2.31. The zero-order valence-electron chi connectivity index (χ0n) is 8.71. The smallest absolute Gasteiger partial charge is 0.261 e. The molecule has 84 valence electrons. The molecule has 0 aliphatic heterocycles. The van der Waals surface area contributed by atoms with Gasteiger partial charge in [-0.25, -0.2) is 4.98 Å². The number of aromatic nitrogens is 2. The van der Waals surface area contributed by atoms with Gasteiger partial charge < -0.3 is 0 Å². The fourth-order valence-electron chi connectivity index (χ4n) is 1.48. The Kier molecular flexibility index (Phi) is 4.04. The molecule has 0 aliphatic carbocycles. The fraction of sp³-hybridized carbons (Fsp3) is 0.111. The average Bonchev–Trinajstić information content (AvgIpc) is 2.33. The predicted octanol–water partition coefficient (Wildman–Crippen LogP) is 2.21. The van der Waals surface area contributed by atoms with E-state index < -0.39 is 7.30 Å². The van der Waals surface area contributed by atoms with Crippen LogP contribution in [-0.2, 0) is 7.05 Å². The molecule has 0 N–H and O–H groups in total. The molecule has 0 amide bonds. The quantitative estimate of drug-likeness (QED) is 0.794. The largest absolute Gasteiger partial charge is 0.295 e. The summed E-state index contributed by atoms with van der Waals surface area (Å²) in [6.45, 7) is 0. The van der Waals surface area contributed by atoms with Crippen molar-refractivity contribution in [1.29, 1.82) is 0 Å². The molecule has 0 saturated carbocycles. The number of para-hydroxylation sites is 1. The third kappa shape index (κ3) is 2.20. The summed E-state index contributed by atoms with van der Waals surface area (Å²) in [4.78, 5) is 16.7. The van der Waals surface area contributed by atoms with Crippen LogP contribution in [0.25, 0.3) is 10.9 Å². The van der Waals surface area contributed by atoms with Crippen molar-refractivity contribution in [3.8, 4) is 0 Å². The first-order valence-electron chi connectivity index (χ1n) is 4.62. The molecule has 0 radical (unpaired) electrons. The molecule has 16 heavy (non-hydrogen) atoms. The van der Waals surface area contributed by atoms with Gasteiger partial charge in [0.25, 0.3) is 5.56 Å². The summed E-state index contributed by atoms with van der Waals surface area (Å²) in [5.41, 5.74) is 1.72. The predicted molar refractivity (Wildman–Crippen MR) is 81.3 cm³/mol. The van der Waals surface area contributed by atoms with E-state index >= 15 is 0 Å². The van der Waals surface area contributed by atoms with Gasteiger partial charge in [-0.05, 0) is 12.1 Å². The van der Waals surface area contributed by atoms with Crippen molar-refractivity contribution >= 4 is 49.6 Å². The summed E-state index contributed by atoms with van der Waals surface area (Å²) in [5, 5.41) is 0.689. The summed E-state index contributed by atoms with van der Waals surface area (Å²) >= 11 is 0. The van der Waals surface area contributed by atoms with Gasteiger partial charge in [0.1, 0.15) is 5.57 Å². The molecular weight excluding hydrogens is 276 g/mol. The van der Waals surface area contributed by atoms with Crippen LogP contribution in [0.1, 0.15) is 0 Å². The van der Waals surface area contributed by atoms with Gasteiger partial charge in [-0.2, -0.15) is 0 Å². The summed E-state index contributed by atoms with van der Waals surface area (Å²) in [6.07, 6.45) is 0. The number of benzene rings is 1. The van der Waals surface area contributed by atoms with Gasteiger partial charge >= 0.3 is 0 Å². The molecule has 1 aromatic carbocycles. The lowest BCUT2D eigenvalue weighted by molar-refractivity contribution is 0.883. The Bertz CT molecular complexity index is 583. The van der Waals surface area contributed by atoms with Gasteiger partial charge in [0.15, 0.2) is 0 Å². The van der Waals surface area contributed by atoms with Crippen LogP contribution < -0.4 is 11.1 Å². The maximum Gasteiger partial charge on any atom is 0.261 e. The molecule has 0 fully saturated rings. The second kappa shape index (κ2) is 5.16. The molecule has 0 spiro atoms. The van der Waals surface area contributed by atoms with E-state index in [4.69, 9.17) is 0 Å². The highest BCUT2D eigenvalue weighted by molar-refractivity contribution is 8.63. The van der Waals surface area contributed by atoms with E-state index in [9.17, 15) is 4.79 Å². The van der Waals surface area contributed by atoms with Crippen LogP contribution in [0.4, 0.5) is 0 Å². The average molecular weight is 288 g/mol. The monoisotopic (exact) mass is 288 g/mol. The number of nitrogens with zero attached hydrogens (tertiary/aromatic N) is 2. The first-order chi connectivity index (χ1) is 7.65. The van der Waals surface area contributed by atoms with Crippen molar-refractivity contribution in [2.45, 2.75) is 0 Å². The number of rotatable bonds is 2. The van der Waals surface area contributed by atoms with Crippen LogP contribution >= 0.6 is 33.1 Å². The second-order valence-corrected chi connectivity index (χ2v) is 12.3. The van der Waals surface area contributed by atoms with Gasteiger partial charge in [-0.15, -0.1) is 8.93 Å². The summed E-state index contributed by atoms with van der Waals surface area (Å²) in [6, 6.07) is 7.49. The molecule has 1 heterocycles. The third-order valence-corrected chi connectivity index (χ3v) is 12.1. The molecule has 0 bridgehead atoms. The van der Waals surface area contributed by atoms with Crippen molar-refractivity contribution in [2.24, 2.45) is 7.05 Å². The van der Waals surface area contributed by atoms with E-state index in [1.807, 2.05) is 24.3 Å². The number of hydrogen-bond acceptors (Lipinski definition) is 2. The van der Waals surface area contributed by atoms with Crippen LogP contribution in [-0.4, -0.2) is 9.55 Å². The van der Waals surface area contributed by atoms with Gasteiger partial charge in [0.05, 0.1) is 10.9 Å². The highest BCUT2D eigenvalue weighted by Crippen LogP contribution is 2.64. The summed E-state index contributed by atoms with van der Waals surface area (Å²) in [5.74, 6) is 0. The first-order valence-corrected chi connectivity index (χ1v) is 11.2. The Morgan fingerprint density at radius 2 is 2.12 bits per heavy atom. The molecule has 3 nitrogen and oxygen atoms in total. The van der Waals surface area contributed by atoms with Gasteiger partial charge in [0, 0.05) is 14.3 Å². The van der Waals surface area contributed by atoms with E-state index in [0.717, 1.165) is 11.1 Å². The van der Waals surface area contributed by atoms with Crippen molar-refractivity contribution in [3.05, 3.63) is 34.6 Å². The van der Waals surface area contributed by atoms with E-state index in [2.05, 4.69) is 22.8 Å². The number of hydrogen-bond donors (Lipinski definition) is 0. The zero-order chi connectivity index (χ0) is 11.7. The molecule has 2 aromatic rings. The van der Waals surface area contributed by atoms with Gasteiger partial charge in [-0.3, -0.25) is 9.36 Å². The minimum atomic E-state index is -0.424. The molecule has 4 atom stereocenters. The van der Waals surface area contributed by atoms with E-state index in [1.54, 1.807) is 11.6 Å². The molecular formula is C9H12N2OP4. The molecule has 0 saturated heterocycles. The van der Waals surface area contributed by atoms with E-state index in [0.29, 0.717) is 13.3 Å². The first kappa shape index (κ1) is 12.5. The van der Waals surface area contributed by atoms with Gasteiger partial charge in [-0.1, -0.05) is 29.0 Å². The lowest BCUT2D eigenvalue weighted by atomic mass is 10.2. The minimum Gasteiger partial charge on any atom is -0.295 e. The van der Waals surface area contributed by atoms with Crippen molar-refractivity contribution < 1.29 is 0 Å². The fourth-order valence-corrected chi connectivity index (χ4v) is 4.90. The molecule has 1 aromatic heterocycles. The van der Waals surface area contributed by atoms with Crippen LogP contribution in [0.2, 0.25) is 0 Å². The second-order valence-electron chi connectivity index (χ2n) is 3.29. The Balaban J connectivity index is 2.79. The molecule has 2 rings (SSSR count). The van der Waals surface area contributed by atoms with Crippen molar-refractivity contribution in [1.82, 2.24) is 9.55 Å². The van der Waals surface area contributed by atoms with Crippen molar-refractivity contribution in [3.63, 3.8) is 0 Å². The van der Waals surface area contributed by atoms with E-state index in [-0.39, 0.29) is 5.56 Å². The summed E-state index contributed by atoms with van der Waals surface area (Å²) < 4.78 is 1.66. The van der Waals surface area contributed by atoms with Crippen LogP contribution in [0.3, 0.4) is 0 Å².